The molecule has 6 heteroatoms. The van der Waals surface area contributed by atoms with Gasteiger partial charge in [-0.2, -0.15) is 0 Å². The molecule has 0 radical (unpaired) electrons. The molecule has 0 heterocycles. The van der Waals surface area contributed by atoms with E-state index in [0.29, 0.717) is 0 Å². The van der Waals surface area contributed by atoms with Gasteiger partial charge in [-0.25, -0.2) is 0 Å². The SMILES string of the molecule is CB(C(=Bc1c(C)c(C)cc(C)c1C)C([Si](C)(C)Cl)[Si](C)(C)Cl)c1c(C)c(C)cc(C)c1C. The first-order chi connectivity index (χ1) is 14.9. The van der Waals surface area contributed by atoms with Crippen LogP contribution in [0.1, 0.15) is 44.5 Å². The summed E-state index contributed by atoms with van der Waals surface area (Å²) < 4.78 is 0. The average molecular weight is 515 g/mol. The van der Waals surface area contributed by atoms with Gasteiger partial charge >= 0.3 is 217 Å². The molecule has 0 unspecified atom stereocenters. The van der Waals surface area contributed by atoms with E-state index in [9.17, 15) is 0 Å². The normalized spacial score (nSPS) is 12.9. The Balaban J connectivity index is 3.00. The maximum atomic E-state index is 7.31. The molecule has 0 aliphatic carbocycles. The Labute approximate surface area is 216 Å². The van der Waals surface area contributed by atoms with Gasteiger partial charge in [0.1, 0.15) is 0 Å². The van der Waals surface area contributed by atoms with Crippen molar-refractivity contribution < 1.29 is 0 Å². The van der Waals surface area contributed by atoms with Crippen LogP contribution in [0.4, 0.5) is 0 Å². The predicted octanol–water partition coefficient (Wildman–Crippen LogP) is 7.02. The third-order valence-corrected chi connectivity index (χ3v) is 17.9. The van der Waals surface area contributed by atoms with Crippen LogP contribution in [0.2, 0.25) is 38.2 Å². The summed E-state index contributed by atoms with van der Waals surface area (Å²) in [5.74, 6) is 0. The molecule has 0 N–H and O–H groups in total. The first-order valence-corrected chi connectivity index (χ1v) is 20.3. The molecule has 0 amide bonds. The van der Waals surface area contributed by atoms with Gasteiger partial charge in [0, 0.05) is 0 Å². The molecule has 0 aliphatic rings. The monoisotopic (exact) mass is 514 g/mol. The van der Waals surface area contributed by atoms with Gasteiger partial charge in [-0.1, -0.05) is 0 Å². The van der Waals surface area contributed by atoms with E-state index in [1.807, 2.05) is 0 Å². The van der Waals surface area contributed by atoms with Crippen molar-refractivity contribution in [2.75, 3.05) is 0 Å². The molecule has 0 aromatic heterocycles. The van der Waals surface area contributed by atoms with Gasteiger partial charge in [0.15, 0.2) is 0 Å². The maximum absolute atomic E-state index is 7.31. The Kier molecular flexibility index (Phi) is 8.88. The summed E-state index contributed by atoms with van der Waals surface area (Å²) in [5, 5.41) is 1.68. The first-order valence-electron chi connectivity index (χ1n) is 12.1. The molecular formula is C27H42B2Cl2Si2. The molecule has 2 rings (SSSR count). The van der Waals surface area contributed by atoms with Crippen LogP contribution in [0.25, 0.3) is 0 Å². The van der Waals surface area contributed by atoms with Crippen molar-refractivity contribution >= 4 is 66.8 Å². The minimum atomic E-state index is -2.12. The van der Waals surface area contributed by atoms with E-state index in [4.69, 9.17) is 22.2 Å². The number of hydrogen-bond acceptors (Lipinski definition) is 0. The molecule has 0 spiro atoms. The van der Waals surface area contributed by atoms with Crippen LogP contribution in [0.15, 0.2) is 12.1 Å². The number of aryl methyl sites for hydroxylation is 4. The van der Waals surface area contributed by atoms with Gasteiger partial charge in [-0.05, 0) is 0 Å². The first kappa shape index (κ1) is 28.7. The summed E-state index contributed by atoms with van der Waals surface area (Å²) in [5.41, 5.74) is 13.7. The molecule has 0 atom stereocenters. The van der Waals surface area contributed by atoms with Crippen molar-refractivity contribution in [2.45, 2.75) is 93.6 Å². The van der Waals surface area contributed by atoms with Gasteiger partial charge < -0.3 is 0 Å². The molecule has 2 aromatic rings. The zero-order chi connectivity index (χ0) is 25.6. The summed E-state index contributed by atoms with van der Waals surface area (Å²) in [6.07, 6.45) is 0. The quantitative estimate of drug-likeness (QED) is 0.287. The molecular weight excluding hydrogens is 473 g/mol. The van der Waals surface area contributed by atoms with Crippen LogP contribution in [-0.4, -0.2) is 33.8 Å². The molecule has 2 aromatic carbocycles. The topological polar surface area (TPSA) is 0 Å². The molecule has 0 saturated carbocycles. The van der Waals surface area contributed by atoms with E-state index in [2.05, 4.69) is 107 Å². The molecule has 0 fully saturated rings. The fraction of sp³-hybridized carbons (Fsp3) is 0.519. The molecule has 33 heavy (non-hydrogen) atoms. The third kappa shape index (κ3) is 6.00. The molecule has 0 aliphatic heterocycles. The van der Waals surface area contributed by atoms with Crippen molar-refractivity contribution in [2.24, 2.45) is 0 Å². The third-order valence-electron chi connectivity index (χ3n) is 7.80. The van der Waals surface area contributed by atoms with E-state index in [1.165, 1.54) is 60.8 Å². The average Bonchev–Trinajstić information content (AvgIpc) is 2.65. The van der Waals surface area contributed by atoms with Crippen molar-refractivity contribution in [3.63, 3.8) is 0 Å². The Morgan fingerprint density at radius 1 is 0.697 bits per heavy atom. The van der Waals surface area contributed by atoms with Crippen molar-refractivity contribution in [3.05, 3.63) is 56.6 Å². The van der Waals surface area contributed by atoms with Gasteiger partial charge in [-0.3, -0.25) is 0 Å². The second-order valence-corrected chi connectivity index (χ2v) is 25.1. The van der Waals surface area contributed by atoms with Crippen molar-refractivity contribution in [3.8, 4) is 0 Å². The van der Waals surface area contributed by atoms with E-state index in [1.54, 1.807) is 0 Å². The van der Waals surface area contributed by atoms with E-state index < -0.39 is 14.8 Å². The number of benzene rings is 2. The van der Waals surface area contributed by atoms with Crippen LogP contribution in [0.5, 0.6) is 0 Å². The molecule has 0 bridgehead atoms. The summed E-state index contributed by atoms with van der Waals surface area (Å²) in [6, 6.07) is 4.63. The summed E-state index contributed by atoms with van der Waals surface area (Å²) in [7, 11) is -4.25. The second-order valence-electron chi connectivity index (χ2n) is 11.3. The van der Waals surface area contributed by atoms with Gasteiger partial charge in [0.05, 0.1) is 0 Å². The fourth-order valence-corrected chi connectivity index (χ4v) is 20.7. The summed E-state index contributed by atoms with van der Waals surface area (Å²) in [6.45, 7) is 32.2. The van der Waals surface area contributed by atoms with Crippen LogP contribution < -0.4 is 10.9 Å². The standard InChI is InChI=1S/C27H42B2Cl2Si2/c1-16-14-17(2)21(6)24(20(16)5)28-26(27(32(10,11)30)33(12,13)31)29(9)25-22(7)18(3)15-19(4)23(25)8/h14-15,27H,1-13H3. The van der Waals surface area contributed by atoms with Crippen LogP contribution in [0.3, 0.4) is 0 Å². The van der Waals surface area contributed by atoms with Gasteiger partial charge in [-0.15, -0.1) is 0 Å². The molecule has 0 saturated heterocycles. The molecule has 0 nitrogen and oxygen atoms in total. The zero-order valence-corrected chi connectivity index (χ0v) is 26.7. The Morgan fingerprint density at radius 2 is 1.03 bits per heavy atom. The Hall–Kier alpha value is -0.546. The van der Waals surface area contributed by atoms with Crippen molar-refractivity contribution in [1.29, 1.82) is 0 Å². The Morgan fingerprint density at radius 3 is 1.36 bits per heavy atom. The van der Waals surface area contributed by atoms with Crippen LogP contribution >= 0.6 is 22.2 Å². The fourth-order valence-electron chi connectivity index (χ4n) is 5.76. The second kappa shape index (κ2) is 10.2. The zero-order valence-electron chi connectivity index (χ0n) is 23.1. The van der Waals surface area contributed by atoms with Gasteiger partial charge in [0.25, 0.3) is 0 Å². The number of halogens is 2. The summed E-state index contributed by atoms with van der Waals surface area (Å²) >= 11 is 14.6. The Bertz CT molecular complexity index is 1030. The van der Waals surface area contributed by atoms with Crippen molar-refractivity contribution in [1.82, 2.24) is 0 Å². The van der Waals surface area contributed by atoms with E-state index >= 15 is 0 Å². The molecule has 178 valence electrons. The number of rotatable bonds is 6. The van der Waals surface area contributed by atoms with E-state index in [0.717, 1.165) is 0 Å². The van der Waals surface area contributed by atoms with Crippen LogP contribution in [-0.2, 0) is 0 Å². The minimum absolute atomic E-state index is 0.252. The van der Waals surface area contributed by atoms with Gasteiger partial charge in [0.2, 0.25) is 0 Å². The van der Waals surface area contributed by atoms with Crippen LogP contribution in [0, 0.1) is 55.4 Å². The number of hydrogen-bond donors (Lipinski definition) is 0. The predicted molar refractivity (Wildman–Crippen MR) is 163 cm³/mol. The summed E-state index contributed by atoms with van der Waals surface area (Å²) in [4.78, 5) is 0. The van der Waals surface area contributed by atoms with E-state index in [-0.39, 0.29) is 11.9 Å².